The Kier molecular flexibility index (Phi) is 7.38. The van der Waals surface area contributed by atoms with E-state index in [9.17, 15) is 30.3 Å². The fourth-order valence-electron chi connectivity index (χ4n) is 3.37. The summed E-state index contributed by atoms with van der Waals surface area (Å²) in [4.78, 5) is 11.4. The Labute approximate surface area is 179 Å². The van der Waals surface area contributed by atoms with Crippen molar-refractivity contribution in [2.45, 2.75) is 48.8 Å². The highest BCUT2D eigenvalue weighted by atomic mass is 32.2. The standard InChI is InChI=1S/C22H26O7S/c1-2-12-3-5-13(6-4-12)9-15-10-14(21(27)28)7-8-16(15)29-22-20(26)19(25)18(24)17(11-23)30-22/h3-8,10,17-20,22-26H,2,9,11H2,1H3,(H,27,28)/t17-,18+,19-,20+,22-/m0/s1. The van der Waals surface area contributed by atoms with Gasteiger partial charge in [0.1, 0.15) is 18.0 Å². The third-order valence-corrected chi connectivity index (χ3v) is 6.65. The van der Waals surface area contributed by atoms with Crippen molar-refractivity contribution in [3.8, 4) is 5.75 Å². The summed E-state index contributed by atoms with van der Waals surface area (Å²) >= 11 is 1.03. The maximum absolute atomic E-state index is 11.4. The molecule has 0 amide bonds. The molecule has 7 nitrogen and oxygen atoms in total. The lowest BCUT2D eigenvalue weighted by Gasteiger charge is -2.39. The van der Waals surface area contributed by atoms with E-state index in [4.69, 9.17) is 4.74 Å². The lowest BCUT2D eigenvalue weighted by atomic mass is 10.00. The number of benzene rings is 2. The number of hydrogen-bond donors (Lipinski definition) is 5. The number of carbonyl (C=O) groups is 1. The molecule has 0 bridgehead atoms. The zero-order valence-corrected chi connectivity index (χ0v) is 17.3. The van der Waals surface area contributed by atoms with Crippen LogP contribution in [0.4, 0.5) is 0 Å². The molecule has 8 heteroatoms. The normalized spacial score (nSPS) is 26.4. The number of rotatable bonds is 7. The van der Waals surface area contributed by atoms with E-state index >= 15 is 0 Å². The van der Waals surface area contributed by atoms with Gasteiger partial charge in [-0.15, -0.1) is 11.8 Å². The average molecular weight is 435 g/mol. The van der Waals surface area contributed by atoms with E-state index in [2.05, 4.69) is 6.92 Å². The topological polar surface area (TPSA) is 127 Å². The van der Waals surface area contributed by atoms with Gasteiger partial charge in [0.2, 0.25) is 0 Å². The van der Waals surface area contributed by atoms with E-state index in [1.165, 1.54) is 23.8 Å². The number of aryl methyl sites for hydroxylation is 1. The fraction of sp³-hybridized carbons (Fsp3) is 0.409. The molecule has 0 radical (unpaired) electrons. The Balaban J connectivity index is 1.88. The average Bonchev–Trinajstić information content (AvgIpc) is 2.75. The lowest BCUT2D eigenvalue weighted by Crippen LogP contribution is -2.55. The van der Waals surface area contributed by atoms with Crippen molar-refractivity contribution < 1.29 is 35.1 Å². The van der Waals surface area contributed by atoms with Crippen LogP contribution in [0.2, 0.25) is 0 Å². The second kappa shape index (κ2) is 9.80. The van der Waals surface area contributed by atoms with Gasteiger partial charge in [0.15, 0.2) is 5.44 Å². The van der Waals surface area contributed by atoms with Crippen LogP contribution in [0, 0.1) is 0 Å². The molecule has 0 unspecified atom stereocenters. The van der Waals surface area contributed by atoms with Crippen molar-refractivity contribution in [3.05, 3.63) is 64.7 Å². The number of thioether (sulfide) groups is 1. The molecule has 0 saturated carbocycles. The summed E-state index contributed by atoms with van der Waals surface area (Å²) in [6, 6.07) is 12.4. The third kappa shape index (κ3) is 4.96. The molecule has 1 fully saturated rings. The molecule has 5 N–H and O–H groups in total. The number of carboxylic acids is 1. The number of aromatic carboxylic acids is 1. The van der Waals surface area contributed by atoms with Crippen molar-refractivity contribution in [2.75, 3.05) is 6.61 Å². The molecular weight excluding hydrogens is 408 g/mol. The van der Waals surface area contributed by atoms with Crippen molar-refractivity contribution in [1.82, 2.24) is 0 Å². The first-order valence-corrected chi connectivity index (χ1v) is 10.7. The van der Waals surface area contributed by atoms with Gasteiger partial charge >= 0.3 is 5.97 Å². The smallest absolute Gasteiger partial charge is 0.335 e. The predicted octanol–water partition coefficient (Wildman–Crippen LogP) is 1.43. The molecule has 0 aromatic heterocycles. The van der Waals surface area contributed by atoms with E-state index in [1.54, 1.807) is 0 Å². The van der Waals surface area contributed by atoms with E-state index in [0.717, 1.165) is 23.7 Å². The molecule has 3 rings (SSSR count). The molecule has 1 aliphatic heterocycles. The summed E-state index contributed by atoms with van der Waals surface area (Å²) in [6.45, 7) is 1.68. The van der Waals surface area contributed by atoms with Gasteiger partial charge in [-0.1, -0.05) is 31.2 Å². The maximum Gasteiger partial charge on any atom is 0.335 e. The SMILES string of the molecule is CCc1ccc(Cc2cc(C(=O)O)ccc2O[C@H]2S[C@@H](CO)[C@@H](O)[C@H](O)[C@H]2O)cc1. The first-order valence-electron chi connectivity index (χ1n) is 9.75. The molecule has 0 aliphatic carbocycles. The van der Waals surface area contributed by atoms with Gasteiger partial charge in [0.05, 0.1) is 23.5 Å². The van der Waals surface area contributed by atoms with Crippen LogP contribution >= 0.6 is 11.8 Å². The summed E-state index contributed by atoms with van der Waals surface area (Å²) < 4.78 is 5.94. The quantitative estimate of drug-likeness (QED) is 0.443. The van der Waals surface area contributed by atoms with Crippen LogP contribution in [-0.4, -0.2) is 67.1 Å². The minimum absolute atomic E-state index is 0.114. The van der Waals surface area contributed by atoms with Crippen LogP contribution in [0.15, 0.2) is 42.5 Å². The van der Waals surface area contributed by atoms with Gasteiger partial charge < -0.3 is 30.3 Å². The van der Waals surface area contributed by atoms with Crippen molar-refractivity contribution in [3.63, 3.8) is 0 Å². The zero-order valence-electron chi connectivity index (χ0n) is 16.5. The van der Waals surface area contributed by atoms with Gasteiger partial charge in [-0.2, -0.15) is 0 Å². The fourth-order valence-corrected chi connectivity index (χ4v) is 4.60. The maximum atomic E-state index is 11.4. The minimum Gasteiger partial charge on any atom is -0.478 e. The van der Waals surface area contributed by atoms with Gasteiger partial charge in [-0.25, -0.2) is 4.79 Å². The Bertz CT molecular complexity index is 868. The largest absolute Gasteiger partial charge is 0.478 e. The molecule has 1 saturated heterocycles. The highest BCUT2D eigenvalue weighted by Crippen LogP contribution is 2.36. The number of ether oxygens (including phenoxy) is 1. The van der Waals surface area contributed by atoms with Crippen molar-refractivity contribution >= 4 is 17.7 Å². The summed E-state index contributed by atoms with van der Waals surface area (Å²) in [5.74, 6) is -0.688. The van der Waals surface area contributed by atoms with Crippen LogP contribution in [0.25, 0.3) is 0 Å². The highest BCUT2D eigenvalue weighted by molar-refractivity contribution is 8.00. The summed E-state index contributed by atoms with van der Waals surface area (Å²) in [5, 5.41) is 48.5. The Hall–Kier alpha value is -2.10. The first kappa shape index (κ1) is 22.6. The molecular formula is C22H26O7S. The molecule has 1 aliphatic rings. The van der Waals surface area contributed by atoms with Crippen molar-refractivity contribution in [2.24, 2.45) is 0 Å². The molecule has 2 aromatic carbocycles. The first-order chi connectivity index (χ1) is 14.3. The molecule has 162 valence electrons. The number of hydrogen-bond acceptors (Lipinski definition) is 7. The summed E-state index contributed by atoms with van der Waals surface area (Å²) in [7, 11) is 0. The van der Waals surface area contributed by atoms with Gasteiger partial charge in [0.25, 0.3) is 0 Å². The zero-order chi connectivity index (χ0) is 21.8. The Morgan fingerprint density at radius 2 is 1.67 bits per heavy atom. The molecule has 0 spiro atoms. The minimum atomic E-state index is -1.46. The number of aliphatic hydroxyl groups is 4. The summed E-state index contributed by atoms with van der Waals surface area (Å²) in [6.07, 6.45) is -2.77. The van der Waals surface area contributed by atoms with E-state index in [0.29, 0.717) is 17.7 Å². The second-order valence-electron chi connectivity index (χ2n) is 7.29. The van der Waals surface area contributed by atoms with Crippen LogP contribution in [0.5, 0.6) is 5.75 Å². The van der Waals surface area contributed by atoms with E-state index in [-0.39, 0.29) is 12.2 Å². The van der Waals surface area contributed by atoms with E-state index < -0.39 is 35.0 Å². The summed E-state index contributed by atoms with van der Waals surface area (Å²) in [5.41, 5.74) is 1.97. The molecule has 30 heavy (non-hydrogen) atoms. The van der Waals surface area contributed by atoms with Gasteiger partial charge in [-0.05, 0) is 41.3 Å². The highest BCUT2D eigenvalue weighted by Gasteiger charge is 2.44. The van der Waals surface area contributed by atoms with Crippen molar-refractivity contribution in [1.29, 1.82) is 0 Å². The van der Waals surface area contributed by atoms with Gasteiger partial charge in [-0.3, -0.25) is 0 Å². The van der Waals surface area contributed by atoms with Crippen LogP contribution in [-0.2, 0) is 12.8 Å². The number of aliphatic hydroxyl groups excluding tert-OH is 4. The second-order valence-corrected chi connectivity index (χ2v) is 8.63. The van der Waals surface area contributed by atoms with Crippen LogP contribution < -0.4 is 4.74 Å². The van der Waals surface area contributed by atoms with Gasteiger partial charge in [0, 0.05) is 6.42 Å². The van der Waals surface area contributed by atoms with E-state index in [1.807, 2.05) is 24.3 Å². The monoisotopic (exact) mass is 434 g/mol. The molecule has 1 heterocycles. The molecule has 5 atom stereocenters. The predicted molar refractivity (Wildman–Crippen MR) is 113 cm³/mol. The Morgan fingerprint density at radius 3 is 2.27 bits per heavy atom. The molecule has 2 aromatic rings. The van der Waals surface area contributed by atoms with Crippen LogP contribution in [0.3, 0.4) is 0 Å². The lowest BCUT2D eigenvalue weighted by molar-refractivity contribution is -0.0910. The number of carboxylic acid groups (broad SMARTS) is 1. The third-order valence-electron chi connectivity index (χ3n) is 5.22. The van der Waals surface area contributed by atoms with Crippen LogP contribution in [0.1, 0.15) is 34.0 Å². The Morgan fingerprint density at radius 1 is 1.00 bits per heavy atom.